The predicted molar refractivity (Wildman–Crippen MR) is 128 cm³/mol. The molecule has 8 nitrogen and oxygen atoms in total. The number of nitrogens with one attached hydrogen (secondary N) is 1. The number of hydrogen-bond donors (Lipinski definition) is 2. The smallest absolute Gasteiger partial charge is 0.407 e. The molecule has 182 valence electrons. The maximum atomic E-state index is 13.3. The second-order valence-corrected chi connectivity index (χ2v) is 9.25. The van der Waals surface area contributed by atoms with Gasteiger partial charge in [-0.05, 0) is 54.9 Å². The number of alkyl carbamates (subject to hydrolysis) is 1. The number of benzene rings is 2. The summed E-state index contributed by atoms with van der Waals surface area (Å²) in [6.07, 6.45) is 1.04. The van der Waals surface area contributed by atoms with Crippen LogP contribution >= 0.6 is 0 Å². The van der Waals surface area contributed by atoms with Crippen LogP contribution in [0.3, 0.4) is 0 Å². The molecule has 0 aromatic heterocycles. The largest absolute Gasteiger partial charge is 0.480 e. The quantitative estimate of drug-likeness (QED) is 0.556. The number of nitrogens with zero attached hydrogens (tertiary/aromatic N) is 2. The second kappa shape index (κ2) is 10.2. The van der Waals surface area contributed by atoms with E-state index in [-0.39, 0.29) is 25.4 Å². The van der Waals surface area contributed by atoms with Crippen molar-refractivity contribution in [1.82, 2.24) is 10.2 Å². The van der Waals surface area contributed by atoms with Gasteiger partial charge in [0, 0.05) is 18.9 Å². The molecular formula is C27H29N3O5. The Hall–Kier alpha value is -3.86. The summed E-state index contributed by atoms with van der Waals surface area (Å²) in [5.74, 6) is -1.64. The zero-order valence-corrected chi connectivity index (χ0v) is 19.7. The molecule has 1 fully saturated rings. The van der Waals surface area contributed by atoms with Crippen LogP contribution in [0.15, 0.2) is 48.5 Å². The van der Waals surface area contributed by atoms with Crippen molar-refractivity contribution >= 4 is 18.0 Å². The SMILES string of the molecule is C[C@]1(C(=O)O)CCCN1C(=O)C(CCCC#N)NC(=O)OCC1c2ccccc2-c2ccccc21. The molecule has 0 saturated carbocycles. The minimum atomic E-state index is -1.31. The first-order valence-electron chi connectivity index (χ1n) is 11.9. The summed E-state index contributed by atoms with van der Waals surface area (Å²) in [4.78, 5) is 39.3. The molecular weight excluding hydrogens is 446 g/mol. The average molecular weight is 476 g/mol. The molecule has 2 aromatic rings. The van der Waals surface area contributed by atoms with Crippen molar-refractivity contribution in [2.45, 2.75) is 56.5 Å². The van der Waals surface area contributed by atoms with Crippen LogP contribution in [0.4, 0.5) is 4.79 Å². The molecule has 1 aliphatic heterocycles. The molecule has 35 heavy (non-hydrogen) atoms. The van der Waals surface area contributed by atoms with Crippen molar-refractivity contribution in [3.63, 3.8) is 0 Å². The maximum absolute atomic E-state index is 13.3. The van der Waals surface area contributed by atoms with Gasteiger partial charge < -0.3 is 20.1 Å². The van der Waals surface area contributed by atoms with E-state index in [0.29, 0.717) is 25.8 Å². The van der Waals surface area contributed by atoms with Crippen LogP contribution in [0.2, 0.25) is 0 Å². The van der Waals surface area contributed by atoms with E-state index in [2.05, 4.69) is 5.32 Å². The normalized spacial score (nSPS) is 19.4. The fraction of sp³-hybridized carbons (Fsp3) is 0.407. The van der Waals surface area contributed by atoms with E-state index in [1.165, 1.54) is 11.8 Å². The molecule has 0 radical (unpaired) electrons. The Morgan fingerprint density at radius 1 is 1.17 bits per heavy atom. The summed E-state index contributed by atoms with van der Waals surface area (Å²) < 4.78 is 5.59. The van der Waals surface area contributed by atoms with Crippen LogP contribution < -0.4 is 5.32 Å². The zero-order chi connectivity index (χ0) is 25.0. The van der Waals surface area contributed by atoms with Gasteiger partial charge in [-0.2, -0.15) is 5.26 Å². The van der Waals surface area contributed by atoms with E-state index in [9.17, 15) is 19.5 Å². The van der Waals surface area contributed by atoms with Crippen LogP contribution in [0.1, 0.15) is 56.1 Å². The third-order valence-electron chi connectivity index (χ3n) is 7.08. The van der Waals surface area contributed by atoms with Gasteiger partial charge in [-0.3, -0.25) is 4.79 Å². The number of amides is 2. The lowest BCUT2D eigenvalue weighted by molar-refractivity contribution is -0.156. The molecule has 2 N–H and O–H groups in total. The molecule has 1 aliphatic carbocycles. The summed E-state index contributed by atoms with van der Waals surface area (Å²) in [6, 6.07) is 17.1. The Morgan fingerprint density at radius 2 is 1.80 bits per heavy atom. The maximum Gasteiger partial charge on any atom is 0.407 e. The van der Waals surface area contributed by atoms with Crippen molar-refractivity contribution in [2.24, 2.45) is 0 Å². The first kappa shape index (κ1) is 24.3. The summed E-state index contributed by atoms with van der Waals surface area (Å²) in [6.45, 7) is 1.94. The monoisotopic (exact) mass is 475 g/mol. The number of carbonyl (C=O) groups excluding carboxylic acids is 2. The Bertz CT molecular complexity index is 1130. The minimum Gasteiger partial charge on any atom is -0.480 e. The van der Waals surface area contributed by atoms with E-state index >= 15 is 0 Å². The lowest BCUT2D eigenvalue weighted by Gasteiger charge is -2.34. The van der Waals surface area contributed by atoms with Crippen molar-refractivity contribution in [3.05, 3.63) is 59.7 Å². The van der Waals surface area contributed by atoms with Crippen molar-refractivity contribution in [3.8, 4) is 17.2 Å². The summed E-state index contributed by atoms with van der Waals surface area (Å²) in [5, 5.41) is 21.2. The third-order valence-corrected chi connectivity index (χ3v) is 7.08. The standard InChI is InChI=1S/C27H29N3O5/c1-27(25(32)33)14-8-16-30(27)24(31)23(13-6-7-15-28)29-26(34)35-17-22-20-11-4-2-9-18(20)19-10-3-5-12-21(19)22/h2-5,9-12,22-23H,6-8,13-14,16-17H2,1H3,(H,29,34)(H,32,33)/t23?,27-/m1/s1. The molecule has 8 heteroatoms. The highest BCUT2D eigenvalue weighted by Crippen LogP contribution is 2.44. The van der Waals surface area contributed by atoms with Gasteiger partial charge >= 0.3 is 12.1 Å². The molecule has 2 aromatic carbocycles. The lowest BCUT2D eigenvalue weighted by atomic mass is 9.98. The third kappa shape index (κ3) is 4.72. The number of rotatable bonds is 8. The highest BCUT2D eigenvalue weighted by atomic mass is 16.5. The fourth-order valence-electron chi connectivity index (χ4n) is 5.15. The number of fused-ring (bicyclic) bond motifs is 3. The van der Waals surface area contributed by atoms with Crippen LogP contribution in [-0.2, 0) is 14.3 Å². The molecule has 2 aliphatic rings. The number of aliphatic carboxylic acids is 1. The Balaban J connectivity index is 1.46. The van der Waals surface area contributed by atoms with Crippen LogP contribution in [-0.4, -0.2) is 52.7 Å². The number of hydrogen-bond acceptors (Lipinski definition) is 5. The Morgan fingerprint density at radius 3 is 2.40 bits per heavy atom. The number of nitriles is 1. The molecule has 1 saturated heterocycles. The predicted octanol–water partition coefficient (Wildman–Crippen LogP) is 4.05. The molecule has 4 rings (SSSR count). The lowest BCUT2D eigenvalue weighted by Crippen LogP contribution is -2.57. The van der Waals surface area contributed by atoms with E-state index in [1.807, 2.05) is 54.6 Å². The molecule has 0 spiro atoms. The highest BCUT2D eigenvalue weighted by molar-refractivity contribution is 5.91. The van der Waals surface area contributed by atoms with E-state index in [4.69, 9.17) is 10.00 Å². The number of ether oxygens (including phenoxy) is 1. The summed E-state index contributed by atoms with van der Waals surface area (Å²) >= 11 is 0. The first-order valence-corrected chi connectivity index (χ1v) is 11.9. The molecule has 0 bridgehead atoms. The number of carboxylic acids is 1. The van der Waals surface area contributed by atoms with E-state index in [0.717, 1.165) is 22.3 Å². The van der Waals surface area contributed by atoms with Crippen LogP contribution in [0.25, 0.3) is 11.1 Å². The van der Waals surface area contributed by atoms with E-state index < -0.39 is 29.6 Å². The topological polar surface area (TPSA) is 120 Å². The zero-order valence-electron chi connectivity index (χ0n) is 19.7. The van der Waals surface area contributed by atoms with E-state index in [1.54, 1.807) is 0 Å². The molecule has 2 atom stereocenters. The minimum absolute atomic E-state index is 0.107. The highest BCUT2D eigenvalue weighted by Gasteiger charge is 2.47. The van der Waals surface area contributed by atoms with Crippen molar-refractivity contribution < 1.29 is 24.2 Å². The number of unbranched alkanes of at least 4 members (excludes halogenated alkanes) is 1. The van der Waals surface area contributed by atoms with Crippen LogP contribution in [0.5, 0.6) is 0 Å². The van der Waals surface area contributed by atoms with Gasteiger partial charge in [0.2, 0.25) is 5.91 Å². The van der Waals surface area contributed by atoms with Gasteiger partial charge in [0.05, 0.1) is 6.07 Å². The Labute approximate surface area is 204 Å². The Kier molecular flexibility index (Phi) is 7.06. The number of carboxylic acid groups (broad SMARTS) is 1. The van der Waals surface area contributed by atoms with Crippen LogP contribution in [0, 0.1) is 11.3 Å². The van der Waals surface area contributed by atoms with Crippen molar-refractivity contribution in [2.75, 3.05) is 13.2 Å². The fourth-order valence-corrected chi connectivity index (χ4v) is 5.15. The average Bonchev–Trinajstić information content (AvgIpc) is 3.41. The van der Waals surface area contributed by atoms with Gasteiger partial charge in [-0.15, -0.1) is 0 Å². The van der Waals surface area contributed by atoms with Gasteiger partial charge in [0.1, 0.15) is 18.2 Å². The molecule has 2 amide bonds. The van der Waals surface area contributed by atoms with Crippen molar-refractivity contribution in [1.29, 1.82) is 5.26 Å². The number of likely N-dealkylation sites (tertiary alicyclic amines) is 1. The summed E-state index contributed by atoms with van der Waals surface area (Å²) in [7, 11) is 0. The number of carbonyl (C=O) groups is 3. The van der Waals surface area contributed by atoms with Gasteiger partial charge in [-0.1, -0.05) is 48.5 Å². The van der Waals surface area contributed by atoms with Gasteiger partial charge in [0.25, 0.3) is 0 Å². The first-order chi connectivity index (χ1) is 16.9. The van der Waals surface area contributed by atoms with Gasteiger partial charge in [-0.25, -0.2) is 9.59 Å². The summed E-state index contributed by atoms with van der Waals surface area (Å²) in [5.41, 5.74) is 3.08. The second-order valence-electron chi connectivity index (χ2n) is 9.25. The van der Waals surface area contributed by atoms with Gasteiger partial charge in [0.15, 0.2) is 0 Å². The molecule has 1 heterocycles. The molecule has 1 unspecified atom stereocenters.